The fraction of sp³-hybridized carbons (Fsp3) is 0.565. The highest BCUT2D eigenvalue weighted by molar-refractivity contribution is 6.25. The molecule has 4 aliphatic rings. The van der Waals surface area contributed by atoms with Crippen molar-refractivity contribution in [3.05, 3.63) is 29.3 Å². The topological polar surface area (TPSA) is 119 Å². The van der Waals surface area contributed by atoms with Crippen molar-refractivity contribution >= 4 is 29.3 Å². The van der Waals surface area contributed by atoms with Gasteiger partial charge in [-0.25, -0.2) is 5.01 Å². The highest BCUT2D eigenvalue weighted by Crippen LogP contribution is 2.34. The second kappa shape index (κ2) is 8.85. The van der Waals surface area contributed by atoms with E-state index in [0.29, 0.717) is 17.0 Å². The number of hydrazine groups is 1. The van der Waals surface area contributed by atoms with Crippen LogP contribution in [0.1, 0.15) is 46.4 Å². The number of carbonyl (C=O) groups is 4. The maximum atomic E-state index is 13.3. The van der Waals surface area contributed by atoms with Gasteiger partial charge in [0.05, 0.1) is 16.8 Å². The lowest BCUT2D eigenvalue weighted by molar-refractivity contribution is -0.136. The van der Waals surface area contributed by atoms with E-state index in [-0.39, 0.29) is 18.7 Å². The Hall–Kier alpha value is -2.82. The zero-order valence-electron chi connectivity index (χ0n) is 18.7. The molecule has 0 radical (unpaired) electrons. The van der Waals surface area contributed by atoms with E-state index in [9.17, 15) is 19.2 Å². The van der Waals surface area contributed by atoms with E-state index in [4.69, 9.17) is 5.84 Å². The van der Waals surface area contributed by atoms with Gasteiger partial charge >= 0.3 is 0 Å². The first-order valence-corrected chi connectivity index (χ1v) is 11.7. The number of fused-ring (bicyclic) bond motifs is 1. The molecule has 0 bridgehead atoms. The van der Waals surface area contributed by atoms with Gasteiger partial charge in [-0.05, 0) is 37.3 Å². The van der Waals surface area contributed by atoms with E-state index in [1.165, 1.54) is 0 Å². The molecule has 10 nitrogen and oxygen atoms in total. The van der Waals surface area contributed by atoms with E-state index < -0.39 is 23.8 Å². The van der Waals surface area contributed by atoms with Crippen LogP contribution in [0.15, 0.2) is 18.2 Å². The molecule has 3 N–H and O–H groups in total. The van der Waals surface area contributed by atoms with Crippen molar-refractivity contribution < 1.29 is 19.2 Å². The predicted molar refractivity (Wildman–Crippen MR) is 120 cm³/mol. The molecule has 0 aliphatic carbocycles. The molecule has 5 rings (SSSR count). The number of piperazine rings is 1. The molecule has 33 heavy (non-hydrogen) atoms. The molecule has 4 heterocycles. The van der Waals surface area contributed by atoms with Crippen LogP contribution in [-0.4, -0.2) is 90.3 Å². The average molecular weight is 455 g/mol. The van der Waals surface area contributed by atoms with Crippen LogP contribution in [0.25, 0.3) is 0 Å². The van der Waals surface area contributed by atoms with Gasteiger partial charge in [-0.2, -0.15) is 0 Å². The second-order valence-corrected chi connectivity index (χ2v) is 9.41. The van der Waals surface area contributed by atoms with Crippen molar-refractivity contribution in [3.63, 3.8) is 0 Å². The zero-order chi connectivity index (χ0) is 23.1. The number of hydrogen-bond acceptors (Lipinski definition) is 8. The number of carbonyl (C=O) groups excluding carboxylic acids is 4. The number of benzene rings is 1. The van der Waals surface area contributed by atoms with Gasteiger partial charge in [0, 0.05) is 52.2 Å². The number of nitrogens with one attached hydrogen (secondary N) is 1. The van der Waals surface area contributed by atoms with Crippen molar-refractivity contribution in [2.75, 3.05) is 50.7 Å². The van der Waals surface area contributed by atoms with Gasteiger partial charge in [-0.3, -0.25) is 40.1 Å². The molecule has 1 atom stereocenters. The van der Waals surface area contributed by atoms with Crippen LogP contribution in [0.2, 0.25) is 0 Å². The summed E-state index contributed by atoms with van der Waals surface area (Å²) in [6, 6.07) is 4.37. The highest BCUT2D eigenvalue weighted by atomic mass is 16.2. The SMILES string of the molecule is NN1CCC(CN2CCN(c3cccc4c3C(=O)N(C3CCC(=O)NC3=O)C4=O)CC2)CC1. The molecule has 1 aromatic rings. The quantitative estimate of drug-likeness (QED) is 0.474. The van der Waals surface area contributed by atoms with Gasteiger partial charge in [0.1, 0.15) is 6.04 Å². The highest BCUT2D eigenvalue weighted by Gasteiger charge is 2.46. The lowest BCUT2D eigenvalue weighted by atomic mass is 9.97. The minimum atomic E-state index is -0.945. The number of nitrogens with two attached hydrogens (primary N) is 1. The molecule has 0 aromatic heterocycles. The zero-order valence-corrected chi connectivity index (χ0v) is 18.7. The van der Waals surface area contributed by atoms with Crippen LogP contribution in [0.4, 0.5) is 5.69 Å². The van der Waals surface area contributed by atoms with Crippen molar-refractivity contribution in [1.82, 2.24) is 20.1 Å². The molecule has 176 valence electrons. The summed E-state index contributed by atoms with van der Waals surface area (Å²) in [6.07, 6.45) is 2.52. The maximum Gasteiger partial charge on any atom is 0.264 e. The summed E-state index contributed by atoms with van der Waals surface area (Å²) in [6.45, 7) is 6.28. The molecule has 10 heteroatoms. The first-order valence-electron chi connectivity index (χ1n) is 11.7. The molecule has 3 saturated heterocycles. The van der Waals surface area contributed by atoms with Crippen LogP contribution in [0, 0.1) is 5.92 Å². The van der Waals surface area contributed by atoms with E-state index >= 15 is 0 Å². The van der Waals surface area contributed by atoms with Crippen molar-refractivity contribution in [2.45, 2.75) is 31.7 Å². The van der Waals surface area contributed by atoms with E-state index in [1.54, 1.807) is 12.1 Å². The summed E-state index contributed by atoms with van der Waals surface area (Å²) < 4.78 is 0. The Labute approximate surface area is 192 Å². The number of imide groups is 2. The molecule has 3 fully saturated rings. The fourth-order valence-corrected chi connectivity index (χ4v) is 5.43. The van der Waals surface area contributed by atoms with Gasteiger partial charge in [-0.1, -0.05) is 6.07 Å². The minimum absolute atomic E-state index is 0.114. The Morgan fingerprint density at radius 1 is 0.909 bits per heavy atom. The summed E-state index contributed by atoms with van der Waals surface area (Å²) in [7, 11) is 0. The standard InChI is InChI=1S/C23H30N6O4/c24-28-8-6-15(7-9-28)14-26-10-12-27(13-11-26)17-3-1-2-16-20(17)23(33)29(22(16)32)18-4-5-19(30)25-21(18)31/h1-3,15,18H,4-14,24H2,(H,25,30,31). The molecule has 0 saturated carbocycles. The van der Waals surface area contributed by atoms with Crippen LogP contribution < -0.4 is 16.1 Å². The molecule has 0 spiro atoms. The third kappa shape index (κ3) is 4.14. The first-order chi connectivity index (χ1) is 15.9. The van der Waals surface area contributed by atoms with Gasteiger partial charge in [0.15, 0.2) is 0 Å². The first kappa shape index (κ1) is 22.0. The predicted octanol–water partition coefficient (Wildman–Crippen LogP) is -0.204. The second-order valence-electron chi connectivity index (χ2n) is 9.41. The number of nitrogens with zero attached hydrogens (tertiary/aromatic N) is 4. The van der Waals surface area contributed by atoms with Gasteiger partial charge < -0.3 is 4.90 Å². The smallest absolute Gasteiger partial charge is 0.264 e. The Morgan fingerprint density at radius 3 is 2.33 bits per heavy atom. The van der Waals surface area contributed by atoms with Crippen molar-refractivity contribution in [2.24, 2.45) is 11.8 Å². The van der Waals surface area contributed by atoms with Crippen molar-refractivity contribution in [3.8, 4) is 0 Å². The summed E-state index contributed by atoms with van der Waals surface area (Å²) >= 11 is 0. The van der Waals surface area contributed by atoms with E-state index in [2.05, 4.69) is 15.1 Å². The number of rotatable bonds is 4. The lowest BCUT2D eigenvalue weighted by Gasteiger charge is -2.39. The Bertz CT molecular complexity index is 981. The minimum Gasteiger partial charge on any atom is -0.368 e. The van der Waals surface area contributed by atoms with Crippen LogP contribution >= 0.6 is 0 Å². The summed E-state index contributed by atoms with van der Waals surface area (Å²) in [5, 5.41) is 4.13. The lowest BCUT2D eigenvalue weighted by Crippen LogP contribution is -2.54. The van der Waals surface area contributed by atoms with Crippen molar-refractivity contribution in [1.29, 1.82) is 0 Å². The number of piperidine rings is 2. The normalized spacial score (nSPS) is 25.5. The Balaban J connectivity index is 1.28. The van der Waals surface area contributed by atoms with E-state index in [1.807, 2.05) is 11.1 Å². The monoisotopic (exact) mass is 454 g/mol. The van der Waals surface area contributed by atoms with Gasteiger partial charge in [0.2, 0.25) is 11.8 Å². The molecule has 4 amide bonds. The van der Waals surface area contributed by atoms with Crippen LogP contribution in [0.3, 0.4) is 0 Å². The summed E-state index contributed by atoms with van der Waals surface area (Å²) in [5.41, 5.74) is 1.45. The molecular weight excluding hydrogens is 424 g/mol. The molecule has 1 unspecified atom stereocenters. The summed E-state index contributed by atoms with van der Waals surface area (Å²) in [5.74, 6) is 4.66. The molecule has 1 aromatic carbocycles. The van der Waals surface area contributed by atoms with E-state index in [0.717, 1.165) is 69.2 Å². The van der Waals surface area contributed by atoms with Crippen LogP contribution in [-0.2, 0) is 9.59 Å². The number of anilines is 1. The third-order valence-corrected chi connectivity index (χ3v) is 7.32. The molecule has 4 aliphatic heterocycles. The van der Waals surface area contributed by atoms with Crippen LogP contribution in [0.5, 0.6) is 0 Å². The largest absolute Gasteiger partial charge is 0.368 e. The Kier molecular flexibility index (Phi) is 5.90. The van der Waals surface area contributed by atoms with Gasteiger partial charge in [0.25, 0.3) is 11.8 Å². The fourth-order valence-electron chi connectivity index (χ4n) is 5.43. The Morgan fingerprint density at radius 2 is 1.64 bits per heavy atom. The average Bonchev–Trinajstić information content (AvgIpc) is 3.06. The molecular formula is C23H30N6O4. The third-order valence-electron chi connectivity index (χ3n) is 7.32. The number of hydrogen-bond donors (Lipinski definition) is 2. The summed E-state index contributed by atoms with van der Waals surface area (Å²) in [4.78, 5) is 55.9. The van der Waals surface area contributed by atoms with Gasteiger partial charge in [-0.15, -0.1) is 0 Å². The number of amides is 4. The maximum absolute atomic E-state index is 13.3.